The number of carboxylic acid groups (broad SMARTS) is 1. The van der Waals surface area contributed by atoms with E-state index in [1.807, 2.05) is 6.07 Å². The number of carboxylic acids is 1. The van der Waals surface area contributed by atoms with Crippen molar-refractivity contribution in [3.63, 3.8) is 0 Å². The van der Waals surface area contributed by atoms with Crippen LogP contribution in [0.4, 0.5) is 0 Å². The normalized spacial score (nSPS) is 10.5. The second kappa shape index (κ2) is 4.32. The predicted octanol–water partition coefficient (Wildman–Crippen LogP) is 4.09. The molecule has 0 bridgehead atoms. The molecule has 0 radical (unpaired) electrons. The van der Waals surface area contributed by atoms with Crippen LogP contribution in [0, 0.1) is 0 Å². The Morgan fingerprint density at radius 3 is 2.60 bits per heavy atom. The molecule has 2 aromatic heterocycles. The highest BCUT2D eigenvalue weighted by Crippen LogP contribution is 2.39. The molecule has 0 unspecified atom stereocenters. The quantitative estimate of drug-likeness (QED) is 0.868. The van der Waals surface area contributed by atoms with E-state index in [9.17, 15) is 4.79 Å². The van der Waals surface area contributed by atoms with Gasteiger partial charge in [-0.25, -0.2) is 9.78 Å². The first-order valence-electron chi connectivity index (χ1n) is 3.72. The molecule has 7 heteroatoms. The number of nitrogens with zero attached hydrogens (tertiary/aromatic N) is 1. The van der Waals surface area contributed by atoms with Crippen molar-refractivity contribution in [3.8, 4) is 9.88 Å². The number of aromatic carboxylic acids is 1. The van der Waals surface area contributed by atoms with Gasteiger partial charge in [0.05, 0.1) is 14.9 Å². The highest BCUT2D eigenvalue weighted by Gasteiger charge is 2.13. The molecule has 0 fully saturated rings. The molecule has 0 spiro atoms. The Hall–Kier alpha value is -0.240. The van der Waals surface area contributed by atoms with Crippen LogP contribution >= 0.6 is 54.5 Å². The van der Waals surface area contributed by atoms with Crippen molar-refractivity contribution in [2.24, 2.45) is 0 Å². The molecule has 15 heavy (non-hydrogen) atoms. The second-order valence-electron chi connectivity index (χ2n) is 2.57. The van der Waals surface area contributed by atoms with Gasteiger partial charge in [-0.1, -0.05) is 0 Å². The summed E-state index contributed by atoms with van der Waals surface area (Å²) in [5.74, 6) is -0.937. The lowest BCUT2D eigenvalue weighted by molar-refractivity contribution is 0.0702. The van der Waals surface area contributed by atoms with Crippen LogP contribution in [-0.2, 0) is 0 Å². The molecule has 2 rings (SSSR count). The molecule has 0 aliphatic rings. The van der Waals surface area contributed by atoms with Crippen LogP contribution in [0.1, 0.15) is 9.67 Å². The van der Waals surface area contributed by atoms with Gasteiger partial charge in [0.1, 0.15) is 9.88 Å². The van der Waals surface area contributed by atoms with Gasteiger partial charge >= 0.3 is 5.97 Å². The van der Waals surface area contributed by atoms with Gasteiger partial charge < -0.3 is 5.11 Å². The van der Waals surface area contributed by atoms with Crippen LogP contribution in [0.3, 0.4) is 0 Å². The highest BCUT2D eigenvalue weighted by atomic mass is 79.9. The molecule has 0 aliphatic carbocycles. The van der Waals surface area contributed by atoms with Gasteiger partial charge in [-0.05, 0) is 37.9 Å². The molecule has 78 valence electrons. The van der Waals surface area contributed by atoms with Crippen molar-refractivity contribution in [2.75, 3.05) is 0 Å². The van der Waals surface area contributed by atoms with Crippen LogP contribution in [0.25, 0.3) is 9.88 Å². The molecule has 0 saturated carbocycles. The fraction of sp³-hybridized carbons (Fsp3) is 0. The van der Waals surface area contributed by atoms with E-state index < -0.39 is 5.97 Å². The van der Waals surface area contributed by atoms with E-state index in [1.165, 1.54) is 28.9 Å². The van der Waals surface area contributed by atoms with Crippen molar-refractivity contribution in [2.45, 2.75) is 0 Å². The van der Waals surface area contributed by atoms with Crippen molar-refractivity contribution in [1.29, 1.82) is 0 Å². The lowest BCUT2D eigenvalue weighted by atomic mass is 10.5. The Balaban J connectivity index is 2.41. The zero-order valence-electron chi connectivity index (χ0n) is 7.03. The predicted molar refractivity (Wildman–Crippen MR) is 67.8 cm³/mol. The van der Waals surface area contributed by atoms with Gasteiger partial charge in [-0.15, -0.1) is 22.7 Å². The fourth-order valence-electron chi connectivity index (χ4n) is 0.939. The Kier molecular flexibility index (Phi) is 3.24. The van der Waals surface area contributed by atoms with Gasteiger partial charge in [-0.3, -0.25) is 0 Å². The Morgan fingerprint density at radius 1 is 1.40 bits per heavy atom. The molecule has 3 nitrogen and oxygen atoms in total. The summed E-state index contributed by atoms with van der Waals surface area (Å²) in [6, 6.07) is 1.92. The highest BCUT2D eigenvalue weighted by molar-refractivity contribution is 9.13. The lowest BCUT2D eigenvalue weighted by Gasteiger charge is -1.85. The number of thiophene rings is 1. The van der Waals surface area contributed by atoms with Gasteiger partial charge in [0.15, 0.2) is 0 Å². The second-order valence-corrected chi connectivity index (χ2v) is 6.82. The van der Waals surface area contributed by atoms with Crippen LogP contribution in [0.5, 0.6) is 0 Å². The van der Waals surface area contributed by atoms with E-state index in [4.69, 9.17) is 5.11 Å². The molecule has 0 amide bonds. The molecule has 0 saturated heterocycles. The monoisotopic (exact) mass is 367 g/mol. The standard InChI is InChI=1S/C8H3Br2NO2S2/c9-3-1-4(14-6(3)10)7-11-2-5(15-7)8(12)13/h1-2H,(H,12,13). The Morgan fingerprint density at radius 2 is 2.13 bits per heavy atom. The van der Waals surface area contributed by atoms with Crippen molar-refractivity contribution in [3.05, 3.63) is 25.4 Å². The number of thiazole rings is 1. The number of rotatable bonds is 2. The van der Waals surface area contributed by atoms with Crippen molar-refractivity contribution in [1.82, 2.24) is 4.98 Å². The molecule has 2 aromatic rings. The summed E-state index contributed by atoms with van der Waals surface area (Å²) in [7, 11) is 0. The smallest absolute Gasteiger partial charge is 0.347 e. The number of hydrogen-bond donors (Lipinski definition) is 1. The van der Waals surface area contributed by atoms with Crippen molar-refractivity contribution >= 4 is 60.5 Å². The molecule has 1 N–H and O–H groups in total. The summed E-state index contributed by atoms with van der Waals surface area (Å²) in [5.41, 5.74) is 0. The Labute approximate surface area is 110 Å². The lowest BCUT2D eigenvalue weighted by Crippen LogP contribution is -1.89. The first-order valence-corrected chi connectivity index (χ1v) is 6.94. The minimum absolute atomic E-state index is 0.255. The molecule has 0 atom stereocenters. The van der Waals surface area contributed by atoms with Gasteiger partial charge in [0.2, 0.25) is 0 Å². The number of hydrogen-bond acceptors (Lipinski definition) is 4. The largest absolute Gasteiger partial charge is 0.477 e. The summed E-state index contributed by atoms with van der Waals surface area (Å²) in [4.78, 5) is 15.9. The third-order valence-electron chi connectivity index (χ3n) is 1.57. The molecular weight excluding hydrogens is 366 g/mol. The maximum Gasteiger partial charge on any atom is 0.347 e. The van der Waals surface area contributed by atoms with Gasteiger partial charge in [0.25, 0.3) is 0 Å². The third-order valence-corrected chi connectivity index (χ3v) is 5.98. The molecule has 0 aromatic carbocycles. The maximum atomic E-state index is 10.7. The minimum Gasteiger partial charge on any atom is -0.477 e. The summed E-state index contributed by atoms with van der Waals surface area (Å²) >= 11 is 9.45. The van der Waals surface area contributed by atoms with E-state index in [1.54, 1.807) is 0 Å². The van der Waals surface area contributed by atoms with E-state index in [-0.39, 0.29) is 4.88 Å². The van der Waals surface area contributed by atoms with Crippen LogP contribution in [0.15, 0.2) is 20.5 Å². The number of carbonyl (C=O) groups is 1. The van der Waals surface area contributed by atoms with Crippen molar-refractivity contribution < 1.29 is 9.90 Å². The summed E-state index contributed by atoms with van der Waals surface area (Å²) in [5, 5.41) is 9.49. The average molecular weight is 369 g/mol. The Bertz CT molecular complexity index is 501. The zero-order valence-corrected chi connectivity index (χ0v) is 11.8. The van der Waals surface area contributed by atoms with E-state index >= 15 is 0 Å². The van der Waals surface area contributed by atoms with Gasteiger partial charge in [0, 0.05) is 4.47 Å². The number of halogens is 2. The molecule has 0 aliphatic heterocycles. The molecule has 2 heterocycles. The van der Waals surface area contributed by atoms with Gasteiger partial charge in [-0.2, -0.15) is 0 Å². The topological polar surface area (TPSA) is 50.2 Å². The van der Waals surface area contributed by atoms with E-state index in [0.717, 1.165) is 18.1 Å². The first-order chi connectivity index (χ1) is 7.08. The zero-order chi connectivity index (χ0) is 11.0. The van der Waals surface area contributed by atoms with E-state index in [2.05, 4.69) is 36.8 Å². The summed E-state index contributed by atoms with van der Waals surface area (Å²) in [6.45, 7) is 0. The summed E-state index contributed by atoms with van der Waals surface area (Å²) < 4.78 is 1.93. The van der Waals surface area contributed by atoms with Crippen LogP contribution < -0.4 is 0 Å². The third kappa shape index (κ3) is 2.30. The number of aromatic nitrogens is 1. The average Bonchev–Trinajstić information content (AvgIpc) is 2.74. The minimum atomic E-state index is -0.937. The molecular formula is C8H3Br2NO2S2. The maximum absolute atomic E-state index is 10.7. The summed E-state index contributed by atoms with van der Waals surface area (Å²) in [6.07, 6.45) is 1.38. The first kappa shape index (κ1) is 11.3. The van der Waals surface area contributed by atoms with Crippen LogP contribution in [-0.4, -0.2) is 16.1 Å². The van der Waals surface area contributed by atoms with Crippen LogP contribution in [0.2, 0.25) is 0 Å². The SMILES string of the molecule is O=C(O)c1cnc(-c2cc(Br)c(Br)s2)s1. The fourth-order valence-corrected chi connectivity index (χ4v) is 3.78. The van der Waals surface area contributed by atoms with E-state index in [0.29, 0.717) is 0 Å².